The van der Waals surface area contributed by atoms with Crippen molar-refractivity contribution in [2.45, 2.75) is 12.8 Å². The minimum atomic E-state index is -1.05. The summed E-state index contributed by atoms with van der Waals surface area (Å²) in [5.74, 6) is 0.0852. The van der Waals surface area contributed by atoms with Gasteiger partial charge in [0.1, 0.15) is 11.6 Å². The molecular weight excluding hydrogens is 446 g/mol. The van der Waals surface area contributed by atoms with Gasteiger partial charge in [-0.05, 0) is 42.0 Å². The Balaban J connectivity index is 1.50. The number of carbonyl (C=O) groups is 2. The van der Waals surface area contributed by atoms with Gasteiger partial charge in [0.2, 0.25) is 5.91 Å². The lowest BCUT2D eigenvalue weighted by molar-refractivity contribution is -0.115. The largest absolute Gasteiger partial charge is 0.497 e. The van der Waals surface area contributed by atoms with Crippen LogP contribution in [0, 0.1) is 11.3 Å². The Bertz CT molecular complexity index is 1260. The summed E-state index contributed by atoms with van der Waals surface area (Å²) in [5.41, 5.74) is 2.05. The minimum absolute atomic E-state index is 0.142. The Morgan fingerprint density at radius 2 is 1.86 bits per heavy atom. The number of anilines is 2. The molecule has 0 spiro atoms. The first-order valence-corrected chi connectivity index (χ1v) is 11.4. The number of nitrogens with one attached hydrogen (secondary N) is 1. The summed E-state index contributed by atoms with van der Waals surface area (Å²) in [6, 6.07) is 16.1. The number of pyridine rings is 1. The summed E-state index contributed by atoms with van der Waals surface area (Å²) in [6.07, 6.45) is 0.682. The van der Waals surface area contributed by atoms with Gasteiger partial charge in [-0.3, -0.25) is 9.69 Å². The molecule has 4 rings (SSSR count). The van der Waals surface area contributed by atoms with E-state index in [9.17, 15) is 14.7 Å². The average molecular weight is 474 g/mol. The summed E-state index contributed by atoms with van der Waals surface area (Å²) in [6.45, 7) is 3.75. The Hall–Kier alpha value is -4.16. The van der Waals surface area contributed by atoms with E-state index < -0.39 is 5.97 Å². The molecule has 2 N–H and O–H groups in total. The van der Waals surface area contributed by atoms with Gasteiger partial charge < -0.3 is 20.1 Å². The smallest absolute Gasteiger partial charge is 0.336 e. The number of ether oxygens (including phenoxy) is 1. The fraction of sp³-hybridized carbons (Fsp3) is 0.308. The second-order valence-corrected chi connectivity index (χ2v) is 8.37. The highest BCUT2D eigenvalue weighted by Crippen LogP contribution is 2.27. The number of carbonyl (C=O) groups excluding carboxylic acids is 1. The number of hydrogen-bond acceptors (Lipinski definition) is 7. The van der Waals surface area contributed by atoms with Gasteiger partial charge in [-0.1, -0.05) is 12.1 Å². The lowest BCUT2D eigenvalue weighted by Gasteiger charge is -2.35. The molecule has 1 fully saturated rings. The molecule has 0 saturated carbocycles. The molecule has 1 saturated heterocycles. The molecule has 1 aliphatic rings. The molecule has 0 aliphatic carbocycles. The number of benzene rings is 2. The predicted octanol–water partition coefficient (Wildman–Crippen LogP) is 3.16. The second-order valence-electron chi connectivity index (χ2n) is 8.37. The van der Waals surface area contributed by atoms with E-state index in [1.165, 1.54) is 0 Å². The zero-order valence-corrected chi connectivity index (χ0v) is 19.5. The van der Waals surface area contributed by atoms with Gasteiger partial charge in [-0.15, -0.1) is 0 Å². The molecule has 180 valence electrons. The first-order chi connectivity index (χ1) is 17.0. The molecule has 0 bridgehead atoms. The fourth-order valence-corrected chi connectivity index (χ4v) is 4.17. The maximum atomic E-state index is 12.5. The van der Waals surface area contributed by atoms with Crippen LogP contribution in [0.5, 0.6) is 5.75 Å². The molecule has 9 heteroatoms. The lowest BCUT2D eigenvalue weighted by atomic mass is 10.1. The van der Waals surface area contributed by atoms with E-state index in [-0.39, 0.29) is 17.9 Å². The zero-order valence-electron chi connectivity index (χ0n) is 19.5. The van der Waals surface area contributed by atoms with Crippen LogP contribution in [-0.2, 0) is 11.2 Å². The van der Waals surface area contributed by atoms with Gasteiger partial charge in [0.05, 0.1) is 30.7 Å². The lowest BCUT2D eigenvalue weighted by Crippen LogP contribution is -2.46. The molecule has 2 heterocycles. The number of nitriles is 1. The van der Waals surface area contributed by atoms with Crippen molar-refractivity contribution >= 4 is 34.3 Å². The van der Waals surface area contributed by atoms with Gasteiger partial charge in [0.15, 0.2) is 0 Å². The SMILES string of the molecule is COc1ccc(CC(=O)Nc2ccc3nc(N4CCN(CCC#N)CC4)cc(C(=O)O)c3c2)cc1. The van der Waals surface area contributed by atoms with E-state index in [0.717, 1.165) is 30.9 Å². The number of carboxylic acids is 1. The maximum absolute atomic E-state index is 12.5. The minimum Gasteiger partial charge on any atom is -0.497 e. The van der Waals surface area contributed by atoms with Gasteiger partial charge in [-0.2, -0.15) is 5.26 Å². The maximum Gasteiger partial charge on any atom is 0.336 e. The molecule has 1 aromatic heterocycles. The topological polar surface area (TPSA) is 119 Å². The van der Waals surface area contributed by atoms with E-state index >= 15 is 0 Å². The van der Waals surface area contributed by atoms with Crippen LogP contribution in [0.15, 0.2) is 48.5 Å². The number of aromatic nitrogens is 1. The molecule has 35 heavy (non-hydrogen) atoms. The Kier molecular flexibility index (Phi) is 7.43. The molecule has 0 unspecified atom stereocenters. The van der Waals surface area contributed by atoms with Crippen LogP contribution in [0.3, 0.4) is 0 Å². The van der Waals surface area contributed by atoms with Gasteiger partial charge in [0, 0.05) is 50.2 Å². The molecule has 1 aliphatic heterocycles. The third-order valence-corrected chi connectivity index (χ3v) is 6.07. The first kappa shape index (κ1) is 24.0. The van der Waals surface area contributed by atoms with Crippen LogP contribution in [0.4, 0.5) is 11.5 Å². The fourth-order valence-electron chi connectivity index (χ4n) is 4.17. The van der Waals surface area contributed by atoms with Crippen molar-refractivity contribution in [1.82, 2.24) is 9.88 Å². The third kappa shape index (κ3) is 5.86. The molecule has 3 aromatic rings. The standard InChI is InChI=1S/C26H27N5O4/c1-35-20-6-3-18(4-7-20)15-25(32)28-19-5-8-23-21(16-19)22(26(33)34)17-24(29-23)31-13-11-30(12-14-31)10-2-9-27/h3-8,16-17H,2,10-15H2,1H3,(H,28,32)(H,33,34). The number of nitrogens with zero attached hydrogens (tertiary/aromatic N) is 4. The number of carboxylic acid groups (broad SMARTS) is 1. The van der Waals surface area contributed by atoms with Gasteiger partial charge in [0.25, 0.3) is 0 Å². The third-order valence-electron chi connectivity index (χ3n) is 6.07. The average Bonchev–Trinajstić information content (AvgIpc) is 2.87. The van der Waals surface area contributed by atoms with Crippen molar-refractivity contribution in [1.29, 1.82) is 5.26 Å². The quantitative estimate of drug-likeness (QED) is 0.512. The van der Waals surface area contributed by atoms with Gasteiger partial charge >= 0.3 is 5.97 Å². The number of piperazine rings is 1. The molecule has 2 aromatic carbocycles. The second kappa shape index (κ2) is 10.8. The van der Waals surface area contributed by atoms with E-state index in [2.05, 4.69) is 21.2 Å². The van der Waals surface area contributed by atoms with Crippen LogP contribution >= 0.6 is 0 Å². The van der Waals surface area contributed by atoms with Crippen molar-refractivity contribution in [3.05, 3.63) is 59.7 Å². The van der Waals surface area contributed by atoms with E-state index in [1.807, 2.05) is 12.1 Å². The molecule has 0 atom stereocenters. The van der Waals surface area contributed by atoms with Crippen molar-refractivity contribution in [3.63, 3.8) is 0 Å². The van der Waals surface area contributed by atoms with Crippen LogP contribution in [0.2, 0.25) is 0 Å². The van der Waals surface area contributed by atoms with Crippen LogP contribution in [-0.4, -0.2) is 66.7 Å². The number of hydrogen-bond donors (Lipinski definition) is 2. The van der Waals surface area contributed by atoms with E-state index in [4.69, 9.17) is 15.0 Å². The van der Waals surface area contributed by atoms with E-state index in [1.54, 1.807) is 43.5 Å². The molecular formula is C26H27N5O4. The van der Waals surface area contributed by atoms with Crippen molar-refractivity contribution in [2.24, 2.45) is 0 Å². The Labute approximate surface area is 203 Å². The highest BCUT2D eigenvalue weighted by Gasteiger charge is 2.21. The normalized spacial score (nSPS) is 13.9. The van der Waals surface area contributed by atoms with Crippen LogP contribution < -0.4 is 15.0 Å². The summed E-state index contributed by atoms with van der Waals surface area (Å²) in [4.78, 5) is 33.6. The van der Waals surface area contributed by atoms with Crippen molar-refractivity contribution < 1.29 is 19.4 Å². The highest BCUT2D eigenvalue weighted by molar-refractivity contribution is 6.05. The Morgan fingerprint density at radius 3 is 2.51 bits per heavy atom. The number of fused-ring (bicyclic) bond motifs is 1. The summed E-state index contributed by atoms with van der Waals surface area (Å²) >= 11 is 0. The van der Waals surface area contributed by atoms with Crippen molar-refractivity contribution in [3.8, 4) is 11.8 Å². The molecule has 1 amide bonds. The number of methoxy groups -OCH3 is 1. The summed E-state index contributed by atoms with van der Waals surface area (Å²) in [5, 5.41) is 22.0. The first-order valence-electron chi connectivity index (χ1n) is 11.4. The molecule has 0 radical (unpaired) electrons. The monoisotopic (exact) mass is 473 g/mol. The molecule has 9 nitrogen and oxygen atoms in total. The summed E-state index contributed by atoms with van der Waals surface area (Å²) in [7, 11) is 1.59. The van der Waals surface area contributed by atoms with Gasteiger partial charge in [-0.25, -0.2) is 9.78 Å². The van der Waals surface area contributed by atoms with E-state index in [0.29, 0.717) is 41.9 Å². The predicted molar refractivity (Wildman–Crippen MR) is 133 cm³/mol. The number of amides is 1. The van der Waals surface area contributed by atoms with Crippen LogP contribution in [0.1, 0.15) is 22.3 Å². The van der Waals surface area contributed by atoms with Crippen LogP contribution in [0.25, 0.3) is 10.9 Å². The zero-order chi connectivity index (χ0) is 24.8. The number of rotatable bonds is 8. The Morgan fingerprint density at radius 1 is 1.11 bits per heavy atom. The number of aromatic carboxylic acids is 1. The van der Waals surface area contributed by atoms with Crippen molar-refractivity contribution in [2.75, 3.05) is 50.1 Å². The highest BCUT2D eigenvalue weighted by atomic mass is 16.5. The summed E-state index contributed by atoms with van der Waals surface area (Å²) < 4.78 is 5.14.